The first kappa shape index (κ1) is 13.4. The molecule has 2 rings (SSSR count). The fourth-order valence-corrected chi connectivity index (χ4v) is 2.42. The van der Waals surface area contributed by atoms with Crippen LogP contribution in [-0.4, -0.2) is 53.4 Å². The lowest BCUT2D eigenvalue weighted by atomic mass is 10.1. The molecule has 5 nitrogen and oxygen atoms in total. The third-order valence-electron chi connectivity index (χ3n) is 2.89. The van der Waals surface area contributed by atoms with Gasteiger partial charge in [-0.2, -0.15) is 0 Å². The van der Waals surface area contributed by atoms with Gasteiger partial charge >= 0.3 is 0 Å². The van der Waals surface area contributed by atoms with Crippen LogP contribution in [0.5, 0.6) is 0 Å². The Morgan fingerprint density at radius 3 is 2.83 bits per heavy atom. The SMILES string of the molecule is COC[C@@H]1CN(Cc2ncccn2)CC(C)(C)O1. The van der Waals surface area contributed by atoms with E-state index in [4.69, 9.17) is 9.47 Å². The largest absolute Gasteiger partial charge is 0.382 e. The Balaban J connectivity index is 1.99. The Bertz CT molecular complexity index is 370. The summed E-state index contributed by atoms with van der Waals surface area (Å²) in [5.41, 5.74) is -0.157. The van der Waals surface area contributed by atoms with Gasteiger partial charge < -0.3 is 9.47 Å². The summed E-state index contributed by atoms with van der Waals surface area (Å²) >= 11 is 0. The van der Waals surface area contributed by atoms with Crippen molar-refractivity contribution < 1.29 is 9.47 Å². The van der Waals surface area contributed by atoms with Crippen LogP contribution in [0.2, 0.25) is 0 Å². The highest BCUT2D eigenvalue weighted by molar-refractivity contribution is 4.91. The van der Waals surface area contributed by atoms with E-state index in [1.54, 1.807) is 19.5 Å². The molecule has 2 heterocycles. The fraction of sp³-hybridized carbons (Fsp3) is 0.692. The second-order valence-electron chi connectivity index (χ2n) is 5.29. The monoisotopic (exact) mass is 251 g/mol. The molecule has 100 valence electrons. The van der Waals surface area contributed by atoms with Crippen molar-refractivity contribution >= 4 is 0 Å². The smallest absolute Gasteiger partial charge is 0.142 e. The predicted molar refractivity (Wildman–Crippen MR) is 68.1 cm³/mol. The van der Waals surface area contributed by atoms with Crippen molar-refractivity contribution in [3.05, 3.63) is 24.3 Å². The molecule has 1 saturated heterocycles. The topological polar surface area (TPSA) is 47.5 Å². The van der Waals surface area contributed by atoms with Crippen LogP contribution in [0.15, 0.2) is 18.5 Å². The summed E-state index contributed by atoms with van der Waals surface area (Å²) in [6, 6.07) is 1.83. The highest BCUT2D eigenvalue weighted by atomic mass is 16.5. The number of hydrogen-bond donors (Lipinski definition) is 0. The molecular weight excluding hydrogens is 230 g/mol. The minimum atomic E-state index is -0.157. The standard InChI is InChI=1S/C13H21N3O2/c1-13(2)10-16(7-11(18-13)9-17-3)8-12-14-5-4-6-15-12/h4-6,11H,7-10H2,1-3H3/t11-/m0/s1. The molecular formula is C13H21N3O2. The Labute approximate surface area is 108 Å². The molecule has 1 aliphatic rings. The molecule has 0 radical (unpaired) electrons. The molecule has 0 amide bonds. The normalized spacial score (nSPS) is 24.1. The number of nitrogens with zero attached hydrogens (tertiary/aromatic N) is 3. The van der Waals surface area contributed by atoms with Crippen LogP contribution < -0.4 is 0 Å². The van der Waals surface area contributed by atoms with E-state index in [-0.39, 0.29) is 11.7 Å². The van der Waals surface area contributed by atoms with Crippen LogP contribution in [-0.2, 0) is 16.0 Å². The van der Waals surface area contributed by atoms with E-state index < -0.39 is 0 Å². The summed E-state index contributed by atoms with van der Waals surface area (Å²) in [6.07, 6.45) is 3.67. The highest BCUT2D eigenvalue weighted by Gasteiger charge is 2.33. The molecule has 0 spiro atoms. The van der Waals surface area contributed by atoms with E-state index in [9.17, 15) is 0 Å². The molecule has 1 fully saturated rings. The summed E-state index contributed by atoms with van der Waals surface area (Å²) < 4.78 is 11.2. The number of methoxy groups -OCH3 is 1. The quantitative estimate of drug-likeness (QED) is 0.802. The first-order valence-corrected chi connectivity index (χ1v) is 6.24. The molecule has 1 aromatic rings. The second-order valence-corrected chi connectivity index (χ2v) is 5.29. The van der Waals surface area contributed by atoms with Crippen LogP contribution in [0, 0.1) is 0 Å². The number of morpholine rings is 1. The van der Waals surface area contributed by atoms with Gasteiger partial charge in [-0.05, 0) is 19.9 Å². The minimum absolute atomic E-state index is 0.113. The van der Waals surface area contributed by atoms with E-state index in [0.29, 0.717) is 6.61 Å². The van der Waals surface area contributed by atoms with Crippen molar-refractivity contribution in [2.45, 2.75) is 32.1 Å². The van der Waals surface area contributed by atoms with Crippen LogP contribution in [0.25, 0.3) is 0 Å². The summed E-state index contributed by atoms with van der Waals surface area (Å²) in [5.74, 6) is 0.853. The van der Waals surface area contributed by atoms with Gasteiger partial charge in [-0.3, -0.25) is 4.90 Å². The third kappa shape index (κ3) is 3.73. The van der Waals surface area contributed by atoms with E-state index in [2.05, 4.69) is 28.7 Å². The predicted octanol–water partition coefficient (Wildman–Crippen LogP) is 1.10. The average Bonchev–Trinajstić information content (AvgIpc) is 2.28. The molecule has 0 saturated carbocycles. The molecule has 5 heteroatoms. The Kier molecular flexibility index (Phi) is 4.27. The molecule has 0 N–H and O–H groups in total. The number of ether oxygens (including phenoxy) is 2. The lowest BCUT2D eigenvalue weighted by Gasteiger charge is -2.42. The first-order valence-electron chi connectivity index (χ1n) is 6.24. The minimum Gasteiger partial charge on any atom is -0.382 e. The summed E-state index contributed by atoms with van der Waals surface area (Å²) in [6.45, 7) is 7.33. The van der Waals surface area contributed by atoms with Gasteiger partial charge in [-0.15, -0.1) is 0 Å². The molecule has 0 aromatic carbocycles. The van der Waals surface area contributed by atoms with Gasteiger partial charge in [-0.1, -0.05) is 0 Å². The number of hydrogen-bond acceptors (Lipinski definition) is 5. The zero-order valence-corrected chi connectivity index (χ0v) is 11.3. The Morgan fingerprint density at radius 2 is 2.17 bits per heavy atom. The maximum absolute atomic E-state index is 5.97. The van der Waals surface area contributed by atoms with Crippen molar-refractivity contribution in [3.8, 4) is 0 Å². The highest BCUT2D eigenvalue weighted by Crippen LogP contribution is 2.22. The third-order valence-corrected chi connectivity index (χ3v) is 2.89. The van der Waals surface area contributed by atoms with Crippen molar-refractivity contribution in [3.63, 3.8) is 0 Å². The van der Waals surface area contributed by atoms with Crippen molar-refractivity contribution in [1.82, 2.24) is 14.9 Å². The van der Waals surface area contributed by atoms with Gasteiger partial charge in [0.25, 0.3) is 0 Å². The maximum atomic E-state index is 5.97. The molecule has 0 aliphatic carbocycles. The number of rotatable bonds is 4. The molecule has 1 aromatic heterocycles. The van der Waals surface area contributed by atoms with Crippen LogP contribution in [0.4, 0.5) is 0 Å². The molecule has 18 heavy (non-hydrogen) atoms. The van der Waals surface area contributed by atoms with E-state index in [1.165, 1.54) is 0 Å². The summed E-state index contributed by atoms with van der Waals surface area (Å²) in [7, 11) is 1.70. The fourth-order valence-electron chi connectivity index (χ4n) is 2.42. The zero-order valence-electron chi connectivity index (χ0n) is 11.3. The number of aromatic nitrogens is 2. The molecule has 0 bridgehead atoms. The second kappa shape index (κ2) is 5.73. The van der Waals surface area contributed by atoms with E-state index in [0.717, 1.165) is 25.5 Å². The van der Waals surface area contributed by atoms with Crippen LogP contribution >= 0.6 is 0 Å². The van der Waals surface area contributed by atoms with E-state index >= 15 is 0 Å². The lowest BCUT2D eigenvalue weighted by Crippen LogP contribution is -2.53. The zero-order chi connectivity index (χ0) is 13.0. The van der Waals surface area contributed by atoms with Crippen LogP contribution in [0.1, 0.15) is 19.7 Å². The van der Waals surface area contributed by atoms with Crippen molar-refractivity contribution in [1.29, 1.82) is 0 Å². The molecule has 0 unspecified atom stereocenters. The van der Waals surface area contributed by atoms with Gasteiger partial charge in [0.1, 0.15) is 5.82 Å². The Morgan fingerprint density at radius 1 is 1.44 bits per heavy atom. The lowest BCUT2D eigenvalue weighted by molar-refractivity contribution is -0.154. The summed E-state index contributed by atoms with van der Waals surface area (Å²) in [5, 5.41) is 0. The average molecular weight is 251 g/mol. The Hall–Kier alpha value is -1.04. The molecule has 1 aliphatic heterocycles. The maximum Gasteiger partial charge on any atom is 0.142 e. The molecule has 1 atom stereocenters. The summed E-state index contributed by atoms with van der Waals surface area (Å²) in [4.78, 5) is 10.9. The van der Waals surface area contributed by atoms with Gasteiger partial charge in [0, 0.05) is 32.6 Å². The van der Waals surface area contributed by atoms with Gasteiger partial charge in [0.15, 0.2) is 0 Å². The van der Waals surface area contributed by atoms with Gasteiger partial charge in [-0.25, -0.2) is 9.97 Å². The van der Waals surface area contributed by atoms with E-state index in [1.807, 2.05) is 6.07 Å². The van der Waals surface area contributed by atoms with Gasteiger partial charge in [0.05, 0.1) is 24.9 Å². The van der Waals surface area contributed by atoms with Crippen molar-refractivity contribution in [2.24, 2.45) is 0 Å². The van der Waals surface area contributed by atoms with Gasteiger partial charge in [0.2, 0.25) is 0 Å². The van der Waals surface area contributed by atoms with Crippen LogP contribution in [0.3, 0.4) is 0 Å². The first-order chi connectivity index (χ1) is 8.59. The van der Waals surface area contributed by atoms with Crippen molar-refractivity contribution in [2.75, 3.05) is 26.8 Å².